The molecule has 0 radical (unpaired) electrons. The number of fused-ring (bicyclic) bond motifs is 1. The van der Waals surface area contributed by atoms with Crippen molar-refractivity contribution in [3.63, 3.8) is 0 Å². The van der Waals surface area contributed by atoms with Crippen LogP contribution in [-0.2, 0) is 9.59 Å². The van der Waals surface area contributed by atoms with Gasteiger partial charge in [-0.3, -0.25) is 9.59 Å². The fraction of sp³-hybridized carbons (Fsp3) is 0.500. The highest BCUT2D eigenvalue weighted by molar-refractivity contribution is 8.13. The van der Waals surface area contributed by atoms with Gasteiger partial charge in [0.15, 0.2) is 5.12 Å². The number of amides is 1. The first-order chi connectivity index (χ1) is 10.1. The number of thioether (sulfide) groups is 1. The number of rotatable bonds is 3. The van der Waals surface area contributed by atoms with E-state index in [9.17, 15) is 9.59 Å². The molecule has 0 saturated carbocycles. The van der Waals surface area contributed by atoms with Gasteiger partial charge in [-0.1, -0.05) is 30.0 Å². The lowest BCUT2D eigenvalue weighted by Crippen LogP contribution is -2.33. The zero-order valence-corrected chi connectivity index (χ0v) is 12.9. The smallest absolute Gasteiger partial charge is 0.223 e. The van der Waals surface area contributed by atoms with Gasteiger partial charge in [0.2, 0.25) is 5.91 Å². The lowest BCUT2D eigenvalue weighted by molar-refractivity contribution is -0.130. The van der Waals surface area contributed by atoms with E-state index in [-0.39, 0.29) is 23.0 Å². The van der Waals surface area contributed by atoms with Crippen LogP contribution >= 0.6 is 11.8 Å². The van der Waals surface area contributed by atoms with Crippen LogP contribution in [0.5, 0.6) is 5.75 Å². The van der Waals surface area contributed by atoms with Crippen LogP contribution in [-0.4, -0.2) is 34.8 Å². The summed E-state index contributed by atoms with van der Waals surface area (Å²) in [6, 6.07) is 8.08. The van der Waals surface area contributed by atoms with E-state index in [1.54, 1.807) is 6.92 Å². The summed E-state index contributed by atoms with van der Waals surface area (Å²) in [5, 5.41) is 0.123. The van der Waals surface area contributed by atoms with E-state index >= 15 is 0 Å². The lowest BCUT2D eigenvalue weighted by Gasteiger charge is -2.33. The van der Waals surface area contributed by atoms with Crippen LogP contribution in [0.3, 0.4) is 0 Å². The van der Waals surface area contributed by atoms with E-state index in [0.717, 1.165) is 30.0 Å². The molecular formula is C16H19NO3S. The van der Waals surface area contributed by atoms with Gasteiger partial charge in [-0.05, 0) is 12.0 Å². The number of nitrogens with zero attached hydrogens (tertiary/aromatic N) is 1. The van der Waals surface area contributed by atoms with Crippen molar-refractivity contribution < 1.29 is 14.3 Å². The van der Waals surface area contributed by atoms with E-state index in [0.29, 0.717) is 13.0 Å². The molecule has 2 aliphatic heterocycles. The molecule has 0 bridgehead atoms. The summed E-state index contributed by atoms with van der Waals surface area (Å²) in [6.07, 6.45) is 1.40. The van der Waals surface area contributed by atoms with Crippen molar-refractivity contribution in [3.05, 3.63) is 29.8 Å². The Morgan fingerprint density at radius 3 is 3.05 bits per heavy atom. The standard InChI is InChI=1S/C16H19NO3S/c1-11(18)21-10-12-8-16(19)17(9-12)14-6-7-20-15-5-3-2-4-13(14)15/h2-5,12,14H,6-10H2,1H3. The maximum Gasteiger partial charge on any atom is 0.223 e. The predicted octanol–water partition coefficient (Wildman–Crippen LogP) is 2.64. The predicted molar refractivity (Wildman–Crippen MR) is 82.3 cm³/mol. The number of likely N-dealkylation sites (tertiary alicyclic amines) is 1. The number of carbonyl (C=O) groups excluding carboxylic acids is 2. The maximum absolute atomic E-state index is 12.3. The summed E-state index contributed by atoms with van der Waals surface area (Å²) < 4.78 is 5.67. The highest BCUT2D eigenvalue weighted by Gasteiger charge is 2.37. The van der Waals surface area contributed by atoms with Gasteiger partial charge in [0.05, 0.1) is 12.6 Å². The fourth-order valence-electron chi connectivity index (χ4n) is 3.10. The minimum Gasteiger partial charge on any atom is -0.493 e. The first-order valence-electron chi connectivity index (χ1n) is 7.29. The molecule has 1 fully saturated rings. The molecule has 4 nitrogen and oxygen atoms in total. The Bertz CT molecular complexity index is 560. The van der Waals surface area contributed by atoms with Gasteiger partial charge in [0.1, 0.15) is 5.75 Å². The molecule has 2 heterocycles. The molecule has 5 heteroatoms. The van der Waals surface area contributed by atoms with Gasteiger partial charge >= 0.3 is 0 Å². The minimum absolute atomic E-state index is 0.120. The average molecular weight is 305 g/mol. The van der Waals surface area contributed by atoms with Crippen LogP contribution in [0.2, 0.25) is 0 Å². The minimum atomic E-state index is 0.120. The van der Waals surface area contributed by atoms with Gasteiger partial charge in [0, 0.05) is 37.6 Å². The molecule has 1 saturated heterocycles. The average Bonchev–Trinajstić information content (AvgIpc) is 2.85. The van der Waals surface area contributed by atoms with Crippen molar-refractivity contribution in [2.24, 2.45) is 5.92 Å². The molecule has 3 rings (SSSR count). The first-order valence-corrected chi connectivity index (χ1v) is 8.28. The zero-order chi connectivity index (χ0) is 14.8. The SMILES string of the molecule is CC(=O)SCC1CC(=O)N(C2CCOc3ccccc32)C1. The Balaban J connectivity index is 1.73. The highest BCUT2D eigenvalue weighted by Crippen LogP contribution is 2.39. The van der Waals surface area contributed by atoms with Crippen LogP contribution < -0.4 is 4.74 Å². The van der Waals surface area contributed by atoms with Crippen LogP contribution in [0.4, 0.5) is 0 Å². The van der Waals surface area contributed by atoms with Crippen LogP contribution in [0.1, 0.15) is 31.4 Å². The number of carbonyl (C=O) groups is 2. The molecule has 1 amide bonds. The third-order valence-electron chi connectivity index (χ3n) is 4.06. The molecule has 21 heavy (non-hydrogen) atoms. The molecule has 0 aromatic heterocycles. The Morgan fingerprint density at radius 2 is 2.24 bits per heavy atom. The van der Waals surface area contributed by atoms with Crippen molar-refractivity contribution >= 4 is 22.8 Å². The second-order valence-corrected chi connectivity index (χ2v) is 6.81. The van der Waals surface area contributed by atoms with Crippen LogP contribution in [0, 0.1) is 5.92 Å². The third-order valence-corrected chi connectivity index (χ3v) is 5.11. The van der Waals surface area contributed by atoms with E-state index in [4.69, 9.17) is 4.74 Å². The fourth-order valence-corrected chi connectivity index (χ4v) is 3.80. The van der Waals surface area contributed by atoms with E-state index in [2.05, 4.69) is 0 Å². The molecular weight excluding hydrogens is 286 g/mol. The second kappa shape index (κ2) is 6.10. The van der Waals surface area contributed by atoms with E-state index in [1.807, 2.05) is 29.2 Å². The highest BCUT2D eigenvalue weighted by atomic mass is 32.2. The molecule has 0 aliphatic carbocycles. The number of hydrogen-bond donors (Lipinski definition) is 0. The van der Waals surface area contributed by atoms with Gasteiger partial charge < -0.3 is 9.64 Å². The summed E-state index contributed by atoms with van der Waals surface area (Å²) in [4.78, 5) is 25.4. The topological polar surface area (TPSA) is 46.6 Å². The molecule has 0 spiro atoms. The van der Waals surface area contributed by atoms with Gasteiger partial charge in [-0.15, -0.1) is 0 Å². The Labute approximate surface area is 128 Å². The van der Waals surface area contributed by atoms with E-state index in [1.165, 1.54) is 11.8 Å². The largest absolute Gasteiger partial charge is 0.493 e. The second-order valence-electron chi connectivity index (χ2n) is 5.61. The zero-order valence-electron chi connectivity index (χ0n) is 12.1. The summed E-state index contributed by atoms with van der Waals surface area (Å²) in [5.74, 6) is 2.11. The molecule has 2 atom stereocenters. The summed E-state index contributed by atoms with van der Waals surface area (Å²) in [6.45, 7) is 2.98. The maximum atomic E-state index is 12.3. The molecule has 0 N–H and O–H groups in total. The monoisotopic (exact) mass is 305 g/mol. The van der Waals surface area contributed by atoms with Crippen molar-refractivity contribution in [1.29, 1.82) is 0 Å². The molecule has 1 aromatic carbocycles. The van der Waals surface area contributed by atoms with Crippen molar-refractivity contribution in [2.75, 3.05) is 18.9 Å². The number of hydrogen-bond acceptors (Lipinski definition) is 4. The Hall–Kier alpha value is -1.49. The Kier molecular flexibility index (Phi) is 4.19. The molecule has 2 unspecified atom stereocenters. The third kappa shape index (κ3) is 3.07. The van der Waals surface area contributed by atoms with Crippen LogP contribution in [0.25, 0.3) is 0 Å². The lowest BCUT2D eigenvalue weighted by atomic mass is 9.99. The van der Waals surface area contributed by atoms with Gasteiger partial charge in [-0.25, -0.2) is 0 Å². The van der Waals surface area contributed by atoms with Gasteiger partial charge in [-0.2, -0.15) is 0 Å². The number of benzene rings is 1. The number of para-hydroxylation sites is 1. The summed E-state index contributed by atoms with van der Waals surface area (Å²) in [5.41, 5.74) is 1.11. The number of ether oxygens (including phenoxy) is 1. The van der Waals surface area contributed by atoms with Gasteiger partial charge in [0.25, 0.3) is 0 Å². The van der Waals surface area contributed by atoms with Crippen LogP contribution in [0.15, 0.2) is 24.3 Å². The Morgan fingerprint density at radius 1 is 1.43 bits per heavy atom. The molecule has 112 valence electrons. The van der Waals surface area contributed by atoms with Crippen molar-refractivity contribution in [1.82, 2.24) is 4.90 Å². The summed E-state index contributed by atoms with van der Waals surface area (Å²) in [7, 11) is 0. The van der Waals surface area contributed by atoms with Crippen molar-refractivity contribution in [3.8, 4) is 5.75 Å². The van der Waals surface area contributed by atoms with Crippen molar-refractivity contribution in [2.45, 2.75) is 25.8 Å². The quantitative estimate of drug-likeness (QED) is 0.861. The van der Waals surface area contributed by atoms with E-state index < -0.39 is 0 Å². The molecule has 1 aromatic rings. The first kappa shape index (κ1) is 14.4. The summed E-state index contributed by atoms with van der Waals surface area (Å²) >= 11 is 1.32. The normalized spacial score (nSPS) is 24.6. The molecule has 2 aliphatic rings.